The van der Waals surface area contributed by atoms with Gasteiger partial charge in [-0.3, -0.25) is 0 Å². The second kappa shape index (κ2) is 8.95. The van der Waals surface area contributed by atoms with Crippen LogP contribution in [0.3, 0.4) is 0 Å². The number of esters is 2. The van der Waals surface area contributed by atoms with Gasteiger partial charge in [0.1, 0.15) is 5.70 Å². The molecule has 0 aliphatic heterocycles. The van der Waals surface area contributed by atoms with E-state index in [0.717, 1.165) is 23.1 Å². The number of hydrogen-bond acceptors (Lipinski definition) is 5. The standard InChI is InChI=1S/C16H18F3NO4/c1-4-20(11-8-7-10(17)14(18)15(11)19)12(16(22)24-6-3)9-13(21)23-5-2/h7-9H,4-6H2,1-3H3/b12-9+. The van der Waals surface area contributed by atoms with E-state index < -0.39 is 35.1 Å². The van der Waals surface area contributed by atoms with Crippen molar-refractivity contribution in [3.63, 3.8) is 0 Å². The van der Waals surface area contributed by atoms with Crippen LogP contribution in [0.15, 0.2) is 23.9 Å². The zero-order valence-corrected chi connectivity index (χ0v) is 13.6. The maximum absolute atomic E-state index is 14.0. The van der Waals surface area contributed by atoms with E-state index in [1.54, 1.807) is 20.8 Å². The molecule has 1 rings (SSSR count). The van der Waals surface area contributed by atoms with Gasteiger partial charge in [0.25, 0.3) is 0 Å². The molecule has 8 heteroatoms. The highest BCUT2D eigenvalue weighted by molar-refractivity contribution is 5.99. The van der Waals surface area contributed by atoms with Crippen molar-refractivity contribution < 1.29 is 32.2 Å². The fourth-order valence-corrected chi connectivity index (χ4v) is 1.94. The second-order valence-corrected chi connectivity index (χ2v) is 4.44. The summed E-state index contributed by atoms with van der Waals surface area (Å²) in [7, 11) is 0. The van der Waals surface area contributed by atoms with Crippen molar-refractivity contribution in [2.24, 2.45) is 0 Å². The highest BCUT2D eigenvalue weighted by atomic mass is 19.2. The SMILES string of the molecule is CCOC(=O)/C=C(\C(=O)OCC)N(CC)c1ccc(F)c(F)c1F. The van der Waals surface area contributed by atoms with Crippen molar-refractivity contribution in [2.75, 3.05) is 24.7 Å². The Kier molecular flexibility index (Phi) is 7.29. The van der Waals surface area contributed by atoms with Gasteiger partial charge in [-0.05, 0) is 32.9 Å². The van der Waals surface area contributed by atoms with Crippen LogP contribution in [0, 0.1) is 17.5 Å². The number of halogens is 3. The second-order valence-electron chi connectivity index (χ2n) is 4.44. The van der Waals surface area contributed by atoms with Crippen molar-refractivity contribution in [3.05, 3.63) is 41.4 Å². The average Bonchev–Trinajstić information content (AvgIpc) is 2.54. The Morgan fingerprint density at radius 3 is 2.21 bits per heavy atom. The lowest BCUT2D eigenvalue weighted by atomic mass is 10.2. The summed E-state index contributed by atoms with van der Waals surface area (Å²) in [5.41, 5.74) is -0.747. The van der Waals surface area contributed by atoms with Crippen LogP contribution in [0.5, 0.6) is 0 Å². The van der Waals surface area contributed by atoms with Crippen LogP contribution in [0.2, 0.25) is 0 Å². The first-order valence-electron chi connectivity index (χ1n) is 7.33. The van der Waals surface area contributed by atoms with Crippen LogP contribution in [0.4, 0.5) is 18.9 Å². The summed E-state index contributed by atoms with van der Waals surface area (Å²) in [5, 5.41) is 0. The Hall–Kier alpha value is -2.51. The van der Waals surface area contributed by atoms with Crippen LogP contribution in [-0.4, -0.2) is 31.7 Å². The molecule has 0 fully saturated rings. The first-order chi connectivity index (χ1) is 11.4. The monoisotopic (exact) mass is 345 g/mol. The maximum Gasteiger partial charge on any atom is 0.355 e. The summed E-state index contributed by atoms with van der Waals surface area (Å²) < 4.78 is 50.2. The number of carbonyl (C=O) groups is 2. The van der Waals surface area contributed by atoms with E-state index in [1.807, 2.05) is 0 Å². The third kappa shape index (κ3) is 4.50. The molecule has 0 heterocycles. The third-order valence-electron chi connectivity index (χ3n) is 2.94. The lowest BCUT2D eigenvalue weighted by Crippen LogP contribution is -2.30. The molecule has 0 aliphatic rings. The fraction of sp³-hybridized carbons (Fsp3) is 0.375. The minimum Gasteiger partial charge on any atom is -0.463 e. The van der Waals surface area contributed by atoms with Crippen LogP contribution >= 0.6 is 0 Å². The summed E-state index contributed by atoms with van der Waals surface area (Å²) in [6, 6.07) is 1.69. The molecule has 5 nitrogen and oxygen atoms in total. The van der Waals surface area contributed by atoms with E-state index in [4.69, 9.17) is 9.47 Å². The number of anilines is 1. The van der Waals surface area contributed by atoms with Crippen molar-refractivity contribution >= 4 is 17.6 Å². The van der Waals surface area contributed by atoms with E-state index in [9.17, 15) is 22.8 Å². The van der Waals surface area contributed by atoms with Gasteiger partial charge in [-0.25, -0.2) is 22.8 Å². The molecule has 0 aliphatic carbocycles. The molecule has 0 spiro atoms. The van der Waals surface area contributed by atoms with Crippen LogP contribution in [0.25, 0.3) is 0 Å². The van der Waals surface area contributed by atoms with Gasteiger partial charge < -0.3 is 14.4 Å². The molecule has 0 unspecified atom stereocenters. The molecule has 0 amide bonds. The Morgan fingerprint density at radius 2 is 1.67 bits per heavy atom. The van der Waals surface area contributed by atoms with Gasteiger partial charge in [-0.15, -0.1) is 0 Å². The first kappa shape index (κ1) is 19.5. The van der Waals surface area contributed by atoms with E-state index in [0.29, 0.717) is 0 Å². The number of likely N-dealkylation sites (N-methyl/N-ethyl adjacent to an activating group) is 1. The average molecular weight is 345 g/mol. The molecule has 1 aromatic carbocycles. The van der Waals surface area contributed by atoms with Crippen LogP contribution < -0.4 is 4.90 Å². The molecule has 24 heavy (non-hydrogen) atoms. The summed E-state index contributed by atoms with van der Waals surface area (Å²) >= 11 is 0. The van der Waals surface area contributed by atoms with E-state index in [-0.39, 0.29) is 25.5 Å². The normalized spacial score (nSPS) is 11.2. The summed E-state index contributed by atoms with van der Waals surface area (Å²) in [5.74, 6) is -6.28. The minimum atomic E-state index is -1.68. The molecular weight excluding hydrogens is 327 g/mol. The maximum atomic E-state index is 14.0. The van der Waals surface area contributed by atoms with Crippen LogP contribution in [0.1, 0.15) is 20.8 Å². The van der Waals surface area contributed by atoms with Crippen molar-refractivity contribution in [3.8, 4) is 0 Å². The predicted octanol–water partition coefficient (Wildman–Crippen LogP) is 2.94. The van der Waals surface area contributed by atoms with Gasteiger partial charge in [-0.2, -0.15) is 0 Å². The Labute approximate surface area is 137 Å². The number of rotatable bonds is 7. The highest BCUT2D eigenvalue weighted by Gasteiger charge is 2.25. The van der Waals surface area contributed by atoms with Crippen molar-refractivity contribution in [2.45, 2.75) is 20.8 Å². The van der Waals surface area contributed by atoms with Gasteiger partial charge in [0.15, 0.2) is 17.5 Å². The number of nitrogens with zero attached hydrogens (tertiary/aromatic N) is 1. The third-order valence-corrected chi connectivity index (χ3v) is 2.94. The number of ether oxygens (including phenoxy) is 2. The molecule has 0 radical (unpaired) electrons. The minimum absolute atomic E-state index is 0.00789. The topological polar surface area (TPSA) is 55.8 Å². The summed E-state index contributed by atoms with van der Waals surface area (Å²) in [6.07, 6.45) is 0.825. The largest absolute Gasteiger partial charge is 0.463 e. The number of carbonyl (C=O) groups excluding carboxylic acids is 2. The van der Waals surface area contributed by atoms with Gasteiger partial charge in [-0.1, -0.05) is 0 Å². The van der Waals surface area contributed by atoms with Crippen molar-refractivity contribution in [1.82, 2.24) is 0 Å². The zero-order chi connectivity index (χ0) is 18.3. The first-order valence-corrected chi connectivity index (χ1v) is 7.33. The molecule has 0 saturated heterocycles. The predicted molar refractivity (Wildman–Crippen MR) is 80.7 cm³/mol. The summed E-state index contributed by atoms with van der Waals surface area (Å²) in [4.78, 5) is 24.8. The van der Waals surface area contributed by atoms with E-state index in [2.05, 4.69) is 0 Å². The zero-order valence-electron chi connectivity index (χ0n) is 13.6. The number of hydrogen-bond donors (Lipinski definition) is 0. The Balaban J connectivity index is 3.39. The summed E-state index contributed by atoms with van der Waals surface area (Å²) in [6.45, 7) is 4.73. The highest BCUT2D eigenvalue weighted by Crippen LogP contribution is 2.27. The van der Waals surface area contributed by atoms with Gasteiger partial charge >= 0.3 is 11.9 Å². The van der Waals surface area contributed by atoms with E-state index in [1.165, 1.54) is 0 Å². The smallest absolute Gasteiger partial charge is 0.355 e. The number of benzene rings is 1. The lowest BCUT2D eigenvalue weighted by Gasteiger charge is -2.25. The quantitative estimate of drug-likeness (QED) is 0.432. The Bertz CT molecular complexity index is 646. The van der Waals surface area contributed by atoms with Crippen LogP contribution in [-0.2, 0) is 19.1 Å². The molecule has 0 aromatic heterocycles. The fourth-order valence-electron chi connectivity index (χ4n) is 1.94. The molecule has 0 atom stereocenters. The van der Waals surface area contributed by atoms with Gasteiger partial charge in [0.2, 0.25) is 0 Å². The molecule has 0 N–H and O–H groups in total. The van der Waals surface area contributed by atoms with Crippen molar-refractivity contribution in [1.29, 1.82) is 0 Å². The molecule has 0 saturated carbocycles. The van der Waals surface area contributed by atoms with Gasteiger partial charge in [0.05, 0.1) is 25.0 Å². The molecule has 1 aromatic rings. The molecular formula is C16H18F3NO4. The molecule has 132 valence electrons. The van der Waals surface area contributed by atoms with E-state index >= 15 is 0 Å². The van der Waals surface area contributed by atoms with Gasteiger partial charge in [0, 0.05) is 6.54 Å². The molecule has 0 bridgehead atoms. The lowest BCUT2D eigenvalue weighted by molar-refractivity contribution is -0.141. The Morgan fingerprint density at radius 1 is 1.04 bits per heavy atom.